The van der Waals surface area contributed by atoms with Crippen molar-refractivity contribution in [1.29, 1.82) is 0 Å². The van der Waals surface area contributed by atoms with E-state index >= 15 is 0 Å². The van der Waals surface area contributed by atoms with Crippen molar-refractivity contribution in [2.24, 2.45) is 5.92 Å². The summed E-state index contributed by atoms with van der Waals surface area (Å²) in [5.74, 6) is -0.290. The molecule has 0 aliphatic rings. The summed E-state index contributed by atoms with van der Waals surface area (Å²) in [4.78, 5) is 27.7. The molecule has 0 aliphatic heterocycles. The van der Waals surface area contributed by atoms with Crippen molar-refractivity contribution < 1.29 is 19.1 Å². The van der Waals surface area contributed by atoms with Crippen LogP contribution in [0, 0.1) is 12.8 Å². The molecule has 6 heteroatoms. The molecule has 1 aromatic heterocycles. The number of carbonyl (C=O) groups is 2. The number of aromatic nitrogens is 1. The third kappa shape index (κ3) is 4.92. The molecular weight excluding hydrogens is 320 g/mol. The van der Waals surface area contributed by atoms with Gasteiger partial charge in [-0.15, -0.1) is 0 Å². The minimum absolute atomic E-state index is 0.130. The van der Waals surface area contributed by atoms with Gasteiger partial charge in [-0.2, -0.15) is 0 Å². The molecule has 2 atom stereocenters. The molecule has 0 radical (unpaired) electrons. The molecule has 0 saturated heterocycles. The van der Waals surface area contributed by atoms with E-state index in [0.29, 0.717) is 24.5 Å². The maximum absolute atomic E-state index is 12.1. The second-order valence-corrected chi connectivity index (χ2v) is 6.16. The largest absolute Gasteiger partial charge is 0.480 e. The topological polar surface area (TPSA) is 92.4 Å². The zero-order chi connectivity index (χ0) is 18.4. The van der Waals surface area contributed by atoms with E-state index in [0.717, 1.165) is 11.3 Å². The lowest BCUT2D eigenvalue weighted by atomic mass is 9.99. The van der Waals surface area contributed by atoms with Gasteiger partial charge in [0, 0.05) is 18.4 Å². The van der Waals surface area contributed by atoms with Crippen LogP contribution in [-0.2, 0) is 16.0 Å². The third-order valence-corrected chi connectivity index (χ3v) is 4.24. The molecule has 2 unspecified atom stereocenters. The monoisotopic (exact) mass is 344 g/mol. The van der Waals surface area contributed by atoms with Gasteiger partial charge in [0.1, 0.15) is 6.04 Å². The van der Waals surface area contributed by atoms with Crippen molar-refractivity contribution in [2.45, 2.75) is 46.1 Å². The van der Waals surface area contributed by atoms with E-state index in [-0.39, 0.29) is 18.2 Å². The molecular formula is C19H24N2O4. The predicted molar refractivity (Wildman–Crippen MR) is 94.0 cm³/mol. The van der Waals surface area contributed by atoms with Crippen LogP contribution >= 0.6 is 0 Å². The van der Waals surface area contributed by atoms with E-state index in [1.54, 1.807) is 0 Å². The molecule has 25 heavy (non-hydrogen) atoms. The Labute approximate surface area is 147 Å². The van der Waals surface area contributed by atoms with Crippen molar-refractivity contribution in [3.05, 3.63) is 41.9 Å². The second-order valence-electron chi connectivity index (χ2n) is 6.16. The highest BCUT2D eigenvalue weighted by molar-refractivity contribution is 5.83. The number of aryl methyl sites for hydroxylation is 2. The van der Waals surface area contributed by atoms with E-state index in [1.165, 1.54) is 0 Å². The molecule has 1 aromatic carbocycles. The summed E-state index contributed by atoms with van der Waals surface area (Å²) < 4.78 is 5.76. The number of aliphatic carboxylic acids is 1. The van der Waals surface area contributed by atoms with Crippen LogP contribution in [0.1, 0.15) is 38.3 Å². The Morgan fingerprint density at radius 3 is 2.56 bits per heavy atom. The summed E-state index contributed by atoms with van der Waals surface area (Å²) in [6, 6.07) is 8.78. The van der Waals surface area contributed by atoms with Gasteiger partial charge in [-0.3, -0.25) is 4.79 Å². The maximum Gasteiger partial charge on any atom is 0.326 e. The van der Waals surface area contributed by atoms with Crippen LogP contribution in [0.15, 0.2) is 34.7 Å². The number of hydrogen-bond acceptors (Lipinski definition) is 4. The van der Waals surface area contributed by atoms with E-state index in [2.05, 4.69) is 10.3 Å². The Morgan fingerprint density at radius 1 is 1.28 bits per heavy atom. The lowest BCUT2D eigenvalue weighted by Gasteiger charge is -2.19. The van der Waals surface area contributed by atoms with Crippen LogP contribution in [0.5, 0.6) is 0 Å². The quantitative estimate of drug-likeness (QED) is 0.767. The Morgan fingerprint density at radius 2 is 1.96 bits per heavy atom. The molecule has 1 heterocycles. The summed E-state index contributed by atoms with van der Waals surface area (Å²) in [6.07, 6.45) is 1.14. The van der Waals surface area contributed by atoms with Gasteiger partial charge >= 0.3 is 5.97 Å². The molecule has 2 aromatic rings. The fourth-order valence-corrected chi connectivity index (χ4v) is 2.57. The van der Waals surface area contributed by atoms with E-state index in [1.807, 2.05) is 51.1 Å². The summed E-state index contributed by atoms with van der Waals surface area (Å²) in [5, 5.41) is 11.8. The van der Waals surface area contributed by atoms with Crippen LogP contribution in [0.25, 0.3) is 11.3 Å². The zero-order valence-corrected chi connectivity index (χ0v) is 14.8. The summed E-state index contributed by atoms with van der Waals surface area (Å²) in [5.41, 5.74) is 1.70. The Bertz CT molecular complexity index is 724. The van der Waals surface area contributed by atoms with Gasteiger partial charge < -0.3 is 14.8 Å². The lowest BCUT2D eigenvalue weighted by molar-refractivity contribution is -0.143. The van der Waals surface area contributed by atoms with Crippen molar-refractivity contribution in [2.75, 3.05) is 0 Å². The van der Waals surface area contributed by atoms with Gasteiger partial charge in [0.05, 0.1) is 5.69 Å². The van der Waals surface area contributed by atoms with Crippen LogP contribution in [-0.4, -0.2) is 28.0 Å². The number of amides is 1. The molecule has 0 aliphatic carbocycles. The number of nitrogens with zero attached hydrogens (tertiary/aromatic N) is 1. The highest BCUT2D eigenvalue weighted by Gasteiger charge is 2.25. The fourth-order valence-electron chi connectivity index (χ4n) is 2.57. The first-order valence-corrected chi connectivity index (χ1v) is 8.46. The number of rotatable bonds is 8. The number of oxazole rings is 1. The third-order valence-electron chi connectivity index (χ3n) is 4.24. The average Bonchev–Trinajstić information content (AvgIpc) is 2.98. The number of hydrogen-bond donors (Lipinski definition) is 2. The Hall–Kier alpha value is -2.63. The minimum atomic E-state index is -1.01. The fraction of sp³-hybridized carbons (Fsp3) is 0.421. The molecule has 0 saturated carbocycles. The predicted octanol–water partition coefficient (Wildman–Crippen LogP) is 3.20. The van der Waals surface area contributed by atoms with Gasteiger partial charge in [0.2, 0.25) is 5.91 Å². The number of carboxylic acid groups (broad SMARTS) is 1. The SMILES string of the molecule is CCC(C)C(NC(=O)CCc1nc(C)c(-c2ccccc2)o1)C(=O)O. The number of carboxylic acids is 1. The number of benzene rings is 1. The standard InChI is InChI=1S/C19H24N2O4/c1-4-12(2)17(19(23)24)21-15(22)10-11-16-20-13(3)18(25-16)14-8-6-5-7-9-14/h5-9,12,17H,4,10-11H2,1-3H3,(H,21,22)(H,23,24). The normalized spacial score (nSPS) is 13.2. The molecule has 2 N–H and O–H groups in total. The second kappa shape index (κ2) is 8.46. The van der Waals surface area contributed by atoms with Gasteiger partial charge in [0.25, 0.3) is 0 Å². The summed E-state index contributed by atoms with van der Waals surface area (Å²) in [7, 11) is 0. The first-order valence-electron chi connectivity index (χ1n) is 8.46. The lowest BCUT2D eigenvalue weighted by Crippen LogP contribution is -2.45. The molecule has 6 nitrogen and oxygen atoms in total. The summed E-state index contributed by atoms with van der Waals surface area (Å²) >= 11 is 0. The van der Waals surface area contributed by atoms with Gasteiger partial charge in [-0.1, -0.05) is 50.6 Å². The Kier molecular flexibility index (Phi) is 6.33. The van der Waals surface area contributed by atoms with Crippen LogP contribution in [0.4, 0.5) is 0 Å². The van der Waals surface area contributed by atoms with Crippen molar-refractivity contribution in [3.63, 3.8) is 0 Å². The first kappa shape index (κ1) is 18.7. The van der Waals surface area contributed by atoms with Gasteiger partial charge in [0.15, 0.2) is 11.7 Å². The van der Waals surface area contributed by atoms with Gasteiger partial charge in [-0.25, -0.2) is 9.78 Å². The van der Waals surface area contributed by atoms with Crippen molar-refractivity contribution in [3.8, 4) is 11.3 Å². The van der Waals surface area contributed by atoms with E-state index < -0.39 is 12.0 Å². The highest BCUT2D eigenvalue weighted by Crippen LogP contribution is 2.24. The van der Waals surface area contributed by atoms with Crippen LogP contribution in [0.2, 0.25) is 0 Å². The van der Waals surface area contributed by atoms with E-state index in [9.17, 15) is 14.7 Å². The van der Waals surface area contributed by atoms with Crippen LogP contribution in [0.3, 0.4) is 0 Å². The van der Waals surface area contributed by atoms with Gasteiger partial charge in [-0.05, 0) is 12.8 Å². The molecule has 134 valence electrons. The molecule has 2 rings (SSSR count). The molecule has 0 fully saturated rings. The number of nitrogens with one attached hydrogen (secondary N) is 1. The smallest absolute Gasteiger partial charge is 0.326 e. The molecule has 1 amide bonds. The Balaban J connectivity index is 1.97. The highest BCUT2D eigenvalue weighted by atomic mass is 16.4. The van der Waals surface area contributed by atoms with E-state index in [4.69, 9.17) is 4.42 Å². The van der Waals surface area contributed by atoms with Crippen molar-refractivity contribution in [1.82, 2.24) is 10.3 Å². The number of carbonyl (C=O) groups excluding carboxylic acids is 1. The van der Waals surface area contributed by atoms with Crippen LogP contribution < -0.4 is 5.32 Å². The molecule has 0 spiro atoms. The minimum Gasteiger partial charge on any atom is -0.480 e. The summed E-state index contributed by atoms with van der Waals surface area (Å²) in [6.45, 7) is 5.56. The maximum atomic E-state index is 12.1. The molecule has 0 bridgehead atoms. The first-order chi connectivity index (χ1) is 11.9. The van der Waals surface area contributed by atoms with Crippen molar-refractivity contribution >= 4 is 11.9 Å². The average molecular weight is 344 g/mol. The zero-order valence-electron chi connectivity index (χ0n) is 14.8.